The van der Waals surface area contributed by atoms with Gasteiger partial charge in [0.15, 0.2) is 11.5 Å². The molecule has 0 radical (unpaired) electrons. The first-order chi connectivity index (χ1) is 10.1. The van der Waals surface area contributed by atoms with Crippen molar-refractivity contribution in [3.63, 3.8) is 0 Å². The predicted molar refractivity (Wildman–Crippen MR) is 77.6 cm³/mol. The van der Waals surface area contributed by atoms with Crippen LogP contribution in [0.5, 0.6) is 23.0 Å². The minimum Gasteiger partial charge on any atom is -0.508 e. The van der Waals surface area contributed by atoms with Gasteiger partial charge in [0.1, 0.15) is 5.75 Å². The van der Waals surface area contributed by atoms with Crippen LogP contribution in [-0.2, 0) is 0 Å². The van der Waals surface area contributed by atoms with E-state index in [1.54, 1.807) is 24.3 Å². The van der Waals surface area contributed by atoms with Crippen molar-refractivity contribution in [3.05, 3.63) is 42.5 Å². The zero-order valence-electron chi connectivity index (χ0n) is 11.2. The van der Waals surface area contributed by atoms with E-state index < -0.39 is 0 Å². The molecule has 3 N–H and O–H groups in total. The normalized spacial score (nSPS) is 10.7. The average Bonchev–Trinajstić information content (AvgIpc) is 2.48. The molecule has 0 saturated carbocycles. The zero-order valence-corrected chi connectivity index (χ0v) is 11.2. The van der Waals surface area contributed by atoms with E-state index in [0.29, 0.717) is 16.5 Å². The Morgan fingerprint density at radius 1 is 0.905 bits per heavy atom. The van der Waals surface area contributed by atoms with Gasteiger partial charge in [0, 0.05) is 12.1 Å². The summed E-state index contributed by atoms with van der Waals surface area (Å²) in [5, 5.41) is 29.9. The van der Waals surface area contributed by atoms with Gasteiger partial charge in [0.2, 0.25) is 5.75 Å². The number of hydrogen-bond donors (Lipinski definition) is 3. The molecule has 0 aliphatic rings. The molecule has 2 aromatic carbocycles. The fourth-order valence-electron chi connectivity index (χ4n) is 2.13. The van der Waals surface area contributed by atoms with Gasteiger partial charge in [0.25, 0.3) is 0 Å². The van der Waals surface area contributed by atoms with E-state index in [4.69, 9.17) is 9.15 Å². The summed E-state index contributed by atoms with van der Waals surface area (Å²) in [7, 11) is 1.44. The Labute approximate surface area is 120 Å². The van der Waals surface area contributed by atoms with Gasteiger partial charge in [-0.05, 0) is 24.3 Å². The van der Waals surface area contributed by atoms with E-state index >= 15 is 0 Å². The fourth-order valence-corrected chi connectivity index (χ4v) is 2.13. The Balaban J connectivity index is 2.21. The van der Waals surface area contributed by atoms with Crippen LogP contribution in [0.4, 0.5) is 0 Å². The Bertz CT molecular complexity index is 826. The van der Waals surface area contributed by atoms with Crippen LogP contribution in [0.3, 0.4) is 0 Å². The van der Waals surface area contributed by atoms with E-state index in [1.807, 2.05) is 0 Å². The fraction of sp³-hybridized carbons (Fsp3) is 0.0625. The van der Waals surface area contributed by atoms with Crippen LogP contribution in [0.1, 0.15) is 0 Å². The van der Waals surface area contributed by atoms with Crippen molar-refractivity contribution in [3.8, 4) is 34.3 Å². The SMILES string of the molecule is COc1cc(-c2[o+]c3cc(O)ccc3cc2O)ccc1O. The Morgan fingerprint density at radius 3 is 2.48 bits per heavy atom. The Morgan fingerprint density at radius 2 is 1.71 bits per heavy atom. The van der Waals surface area contributed by atoms with Crippen molar-refractivity contribution < 1.29 is 24.5 Å². The van der Waals surface area contributed by atoms with Gasteiger partial charge in [-0.15, -0.1) is 0 Å². The van der Waals surface area contributed by atoms with Crippen molar-refractivity contribution in [2.24, 2.45) is 0 Å². The molecule has 0 bridgehead atoms. The van der Waals surface area contributed by atoms with E-state index in [9.17, 15) is 15.3 Å². The van der Waals surface area contributed by atoms with E-state index in [-0.39, 0.29) is 28.8 Å². The molecule has 0 fully saturated rings. The summed E-state index contributed by atoms with van der Waals surface area (Å²) >= 11 is 0. The summed E-state index contributed by atoms with van der Waals surface area (Å²) in [6.07, 6.45) is 0. The van der Waals surface area contributed by atoms with E-state index in [1.165, 1.54) is 25.3 Å². The Kier molecular flexibility index (Phi) is 3.02. The molecule has 0 atom stereocenters. The lowest BCUT2D eigenvalue weighted by Crippen LogP contribution is -1.86. The summed E-state index contributed by atoms with van der Waals surface area (Å²) in [5.41, 5.74) is 0.988. The maximum Gasteiger partial charge on any atom is 0.402 e. The summed E-state index contributed by atoms with van der Waals surface area (Å²) in [5.74, 6) is 0.538. The number of rotatable bonds is 2. The molecular formula is C16H13O5+. The number of fused-ring (bicyclic) bond motifs is 1. The zero-order chi connectivity index (χ0) is 15.0. The molecule has 0 amide bonds. The van der Waals surface area contributed by atoms with Crippen molar-refractivity contribution in [2.45, 2.75) is 0 Å². The molecule has 1 heterocycles. The number of hydrogen-bond acceptors (Lipinski definition) is 4. The van der Waals surface area contributed by atoms with Gasteiger partial charge in [-0.25, -0.2) is 4.42 Å². The Hall–Kier alpha value is -2.95. The number of phenolic OH excluding ortho intramolecular Hbond substituents is 2. The third-order valence-corrected chi connectivity index (χ3v) is 3.18. The van der Waals surface area contributed by atoms with Gasteiger partial charge in [0.05, 0.1) is 24.1 Å². The van der Waals surface area contributed by atoms with E-state index in [0.717, 1.165) is 0 Å². The minimum absolute atomic E-state index is 0.000765. The van der Waals surface area contributed by atoms with Crippen molar-refractivity contribution in [1.82, 2.24) is 0 Å². The second kappa shape index (κ2) is 4.86. The molecule has 1 aromatic heterocycles. The average molecular weight is 285 g/mol. The molecule has 5 heteroatoms. The third-order valence-electron chi connectivity index (χ3n) is 3.18. The van der Waals surface area contributed by atoms with Crippen LogP contribution in [0.2, 0.25) is 0 Å². The molecule has 0 spiro atoms. The van der Waals surface area contributed by atoms with Crippen LogP contribution >= 0.6 is 0 Å². The van der Waals surface area contributed by atoms with Crippen LogP contribution in [0.25, 0.3) is 22.3 Å². The number of ether oxygens (including phenoxy) is 1. The largest absolute Gasteiger partial charge is 0.508 e. The first-order valence-corrected chi connectivity index (χ1v) is 6.24. The monoisotopic (exact) mass is 285 g/mol. The number of methoxy groups -OCH3 is 1. The van der Waals surface area contributed by atoms with Crippen LogP contribution in [-0.4, -0.2) is 22.4 Å². The predicted octanol–water partition coefficient (Wildman–Crippen LogP) is 3.51. The molecule has 106 valence electrons. The lowest BCUT2D eigenvalue weighted by molar-refractivity contribution is 0.373. The highest BCUT2D eigenvalue weighted by Crippen LogP contribution is 2.38. The molecule has 3 rings (SSSR count). The smallest absolute Gasteiger partial charge is 0.402 e. The molecule has 0 aliphatic heterocycles. The second-order valence-electron chi connectivity index (χ2n) is 4.57. The first-order valence-electron chi connectivity index (χ1n) is 6.24. The van der Waals surface area contributed by atoms with Crippen molar-refractivity contribution in [1.29, 1.82) is 0 Å². The lowest BCUT2D eigenvalue weighted by Gasteiger charge is -2.03. The molecule has 5 nitrogen and oxygen atoms in total. The minimum atomic E-state index is -0.0408. The highest BCUT2D eigenvalue weighted by Gasteiger charge is 2.23. The first kappa shape index (κ1) is 13.1. The third kappa shape index (κ3) is 2.29. The standard InChI is InChI=1S/C16H12O5/c1-20-15-7-10(3-5-12(15)18)16-13(19)6-9-2-4-11(17)8-14(9)21-16/h2-8H,1H3,(H2-,17,18,19)/p+1. The van der Waals surface area contributed by atoms with Crippen LogP contribution in [0.15, 0.2) is 46.9 Å². The molecule has 0 unspecified atom stereocenters. The summed E-state index contributed by atoms with van der Waals surface area (Å²) in [6.45, 7) is 0. The second-order valence-corrected chi connectivity index (χ2v) is 4.57. The van der Waals surface area contributed by atoms with Gasteiger partial charge < -0.3 is 20.1 Å². The van der Waals surface area contributed by atoms with Crippen LogP contribution in [0, 0.1) is 0 Å². The molecular weight excluding hydrogens is 272 g/mol. The number of phenols is 2. The quantitative estimate of drug-likeness (QED) is 0.628. The summed E-state index contributed by atoms with van der Waals surface area (Å²) in [6, 6.07) is 10.8. The lowest BCUT2D eigenvalue weighted by atomic mass is 10.1. The maximum atomic E-state index is 10.1. The highest BCUT2D eigenvalue weighted by atomic mass is 16.5. The van der Waals surface area contributed by atoms with Gasteiger partial charge in [-0.3, -0.25) is 0 Å². The highest BCUT2D eigenvalue weighted by molar-refractivity contribution is 5.83. The van der Waals surface area contributed by atoms with Crippen molar-refractivity contribution in [2.75, 3.05) is 7.11 Å². The number of aromatic hydroxyl groups is 3. The molecule has 0 saturated heterocycles. The molecule has 0 aliphatic carbocycles. The van der Waals surface area contributed by atoms with Gasteiger partial charge in [-0.2, -0.15) is 0 Å². The van der Waals surface area contributed by atoms with E-state index in [2.05, 4.69) is 0 Å². The van der Waals surface area contributed by atoms with Gasteiger partial charge in [-0.1, -0.05) is 0 Å². The van der Waals surface area contributed by atoms with Crippen LogP contribution < -0.4 is 4.74 Å². The molecule has 21 heavy (non-hydrogen) atoms. The molecule has 3 aromatic rings. The topological polar surface area (TPSA) is 81.2 Å². The maximum absolute atomic E-state index is 10.1. The number of benzene rings is 2. The summed E-state index contributed by atoms with van der Waals surface area (Å²) < 4.78 is 10.7. The van der Waals surface area contributed by atoms with Crippen molar-refractivity contribution >= 4 is 11.0 Å². The summed E-state index contributed by atoms with van der Waals surface area (Å²) in [4.78, 5) is 0. The van der Waals surface area contributed by atoms with Gasteiger partial charge >= 0.3 is 11.3 Å².